The average Bonchev–Trinajstić information content (AvgIpc) is 2.69. The normalized spacial score (nSPS) is 15.4. The topological polar surface area (TPSA) is 46.1 Å². The molecule has 1 aliphatic rings. The standard InChI is InChI=1S/C21H21N3O/c25-21(18-5-2-10-22-15-18)24-12-8-16(9-13-24)14-17-4-1-7-20-19(17)6-3-11-23-20/h1-7,10-11,15-16H,8-9,12-14H2. The van der Waals surface area contributed by atoms with E-state index in [2.05, 4.69) is 34.2 Å². The fourth-order valence-corrected chi connectivity index (χ4v) is 3.67. The lowest BCUT2D eigenvalue weighted by molar-refractivity contribution is 0.0690. The Balaban J connectivity index is 1.41. The summed E-state index contributed by atoms with van der Waals surface area (Å²) in [6.45, 7) is 1.64. The van der Waals surface area contributed by atoms with Crippen LogP contribution in [0.1, 0.15) is 28.8 Å². The number of hydrogen-bond donors (Lipinski definition) is 0. The Morgan fingerprint density at radius 2 is 1.88 bits per heavy atom. The fourth-order valence-electron chi connectivity index (χ4n) is 3.67. The highest BCUT2D eigenvalue weighted by Crippen LogP contribution is 2.26. The molecule has 4 heteroatoms. The molecule has 4 rings (SSSR count). The third-order valence-electron chi connectivity index (χ3n) is 5.05. The van der Waals surface area contributed by atoms with E-state index < -0.39 is 0 Å². The van der Waals surface area contributed by atoms with Gasteiger partial charge in [0.05, 0.1) is 11.1 Å². The van der Waals surface area contributed by atoms with Crippen molar-refractivity contribution in [3.63, 3.8) is 0 Å². The number of hydrogen-bond acceptors (Lipinski definition) is 3. The molecule has 0 bridgehead atoms. The molecular formula is C21H21N3O. The Kier molecular flexibility index (Phi) is 4.42. The van der Waals surface area contributed by atoms with E-state index in [1.807, 2.05) is 29.3 Å². The van der Waals surface area contributed by atoms with Crippen molar-refractivity contribution in [2.75, 3.05) is 13.1 Å². The van der Waals surface area contributed by atoms with Crippen LogP contribution in [0.3, 0.4) is 0 Å². The number of nitrogens with zero attached hydrogens (tertiary/aromatic N) is 3. The lowest BCUT2D eigenvalue weighted by Crippen LogP contribution is -2.38. The van der Waals surface area contributed by atoms with E-state index in [1.165, 1.54) is 10.9 Å². The second-order valence-electron chi connectivity index (χ2n) is 6.67. The van der Waals surface area contributed by atoms with Crippen LogP contribution in [0, 0.1) is 5.92 Å². The van der Waals surface area contributed by atoms with Crippen LogP contribution in [-0.4, -0.2) is 33.9 Å². The van der Waals surface area contributed by atoms with Gasteiger partial charge < -0.3 is 4.90 Å². The second-order valence-corrected chi connectivity index (χ2v) is 6.67. The monoisotopic (exact) mass is 331 g/mol. The average molecular weight is 331 g/mol. The lowest BCUT2D eigenvalue weighted by Gasteiger charge is -2.32. The molecule has 2 aromatic heterocycles. The Labute approximate surface area is 147 Å². The predicted molar refractivity (Wildman–Crippen MR) is 98.3 cm³/mol. The second kappa shape index (κ2) is 7.01. The molecule has 3 heterocycles. The van der Waals surface area contributed by atoms with Gasteiger partial charge in [0, 0.05) is 37.1 Å². The zero-order chi connectivity index (χ0) is 17.1. The first kappa shape index (κ1) is 15.8. The first-order valence-electron chi connectivity index (χ1n) is 8.83. The Morgan fingerprint density at radius 1 is 1.04 bits per heavy atom. The van der Waals surface area contributed by atoms with E-state index in [0.717, 1.165) is 37.9 Å². The molecular weight excluding hydrogens is 310 g/mol. The summed E-state index contributed by atoms with van der Waals surface area (Å²) in [4.78, 5) is 23.0. The van der Waals surface area contributed by atoms with Gasteiger partial charge in [-0.25, -0.2) is 0 Å². The first-order chi connectivity index (χ1) is 12.3. The smallest absolute Gasteiger partial charge is 0.255 e. The number of carbonyl (C=O) groups excluding carboxylic acids is 1. The number of rotatable bonds is 3. The van der Waals surface area contributed by atoms with Crippen LogP contribution in [0.15, 0.2) is 61.1 Å². The molecule has 126 valence electrons. The minimum absolute atomic E-state index is 0.0981. The molecule has 0 radical (unpaired) electrons. The highest BCUT2D eigenvalue weighted by Gasteiger charge is 2.24. The van der Waals surface area contributed by atoms with Gasteiger partial charge in [0.15, 0.2) is 0 Å². The van der Waals surface area contributed by atoms with E-state index in [-0.39, 0.29) is 5.91 Å². The molecule has 1 fully saturated rings. The van der Waals surface area contributed by atoms with Crippen LogP contribution in [0.5, 0.6) is 0 Å². The molecule has 1 saturated heterocycles. The van der Waals surface area contributed by atoms with Crippen molar-refractivity contribution in [2.24, 2.45) is 5.92 Å². The van der Waals surface area contributed by atoms with E-state index in [0.29, 0.717) is 11.5 Å². The van der Waals surface area contributed by atoms with Gasteiger partial charge >= 0.3 is 0 Å². The molecule has 1 aromatic carbocycles. The molecule has 0 saturated carbocycles. The van der Waals surface area contributed by atoms with Crippen LogP contribution >= 0.6 is 0 Å². The van der Waals surface area contributed by atoms with Crippen LogP contribution in [-0.2, 0) is 6.42 Å². The number of piperidine rings is 1. The molecule has 0 unspecified atom stereocenters. The summed E-state index contributed by atoms with van der Waals surface area (Å²) in [5.41, 5.74) is 3.10. The highest BCUT2D eigenvalue weighted by atomic mass is 16.2. The number of fused-ring (bicyclic) bond motifs is 1. The summed E-state index contributed by atoms with van der Waals surface area (Å²) >= 11 is 0. The summed E-state index contributed by atoms with van der Waals surface area (Å²) in [5.74, 6) is 0.713. The van der Waals surface area contributed by atoms with Crippen LogP contribution in [0.2, 0.25) is 0 Å². The van der Waals surface area contributed by atoms with Gasteiger partial charge in [0.2, 0.25) is 0 Å². The van der Waals surface area contributed by atoms with Gasteiger partial charge in [0.1, 0.15) is 0 Å². The summed E-state index contributed by atoms with van der Waals surface area (Å²) < 4.78 is 0. The van der Waals surface area contributed by atoms with Gasteiger partial charge in [-0.2, -0.15) is 0 Å². The number of carbonyl (C=O) groups is 1. The Bertz CT molecular complexity index is 865. The number of benzene rings is 1. The molecule has 0 aliphatic carbocycles. The number of amides is 1. The van der Waals surface area contributed by atoms with Crippen LogP contribution in [0.25, 0.3) is 10.9 Å². The zero-order valence-electron chi connectivity index (χ0n) is 14.1. The Hall–Kier alpha value is -2.75. The van der Waals surface area contributed by atoms with Crippen molar-refractivity contribution < 1.29 is 4.79 Å². The maximum atomic E-state index is 12.5. The van der Waals surface area contributed by atoms with E-state index in [1.54, 1.807) is 12.4 Å². The largest absolute Gasteiger partial charge is 0.339 e. The first-order valence-corrected chi connectivity index (χ1v) is 8.83. The highest BCUT2D eigenvalue weighted by molar-refractivity contribution is 5.93. The summed E-state index contributed by atoms with van der Waals surface area (Å²) in [6, 6.07) is 14.2. The third kappa shape index (κ3) is 3.38. The van der Waals surface area contributed by atoms with Crippen molar-refractivity contribution in [3.05, 3.63) is 72.2 Å². The third-order valence-corrected chi connectivity index (χ3v) is 5.05. The molecule has 1 amide bonds. The lowest BCUT2D eigenvalue weighted by atomic mass is 9.88. The molecule has 1 aliphatic heterocycles. The maximum absolute atomic E-state index is 12.5. The number of likely N-dealkylation sites (tertiary alicyclic amines) is 1. The molecule has 0 spiro atoms. The fraction of sp³-hybridized carbons (Fsp3) is 0.286. The van der Waals surface area contributed by atoms with Gasteiger partial charge in [-0.1, -0.05) is 18.2 Å². The van der Waals surface area contributed by atoms with Crippen molar-refractivity contribution in [1.82, 2.24) is 14.9 Å². The zero-order valence-corrected chi connectivity index (χ0v) is 14.1. The molecule has 3 aromatic rings. The van der Waals surface area contributed by atoms with Crippen molar-refractivity contribution >= 4 is 16.8 Å². The van der Waals surface area contributed by atoms with Gasteiger partial charge in [-0.15, -0.1) is 0 Å². The molecule has 4 nitrogen and oxygen atoms in total. The number of aromatic nitrogens is 2. The minimum Gasteiger partial charge on any atom is -0.339 e. The van der Waals surface area contributed by atoms with Gasteiger partial charge in [0.25, 0.3) is 5.91 Å². The quantitative estimate of drug-likeness (QED) is 0.735. The molecule has 25 heavy (non-hydrogen) atoms. The number of pyridine rings is 2. The summed E-state index contributed by atoms with van der Waals surface area (Å²) in [6.07, 6.45) is 8.33. The van der Waals surface area contributed by atoms with Gasteiger partial charge in [-0.3, -0.25) is 14.8 Å². The van der Waals surface area contributed by atoms with Crippen molar-refractivity contribution in [2.45, 2.75) is 19.3 Å². The molecule has 0 atom stereocenters. The maximum Gasteiger partial charge on any atom is 0.255 e. The molecule has 0 N–H and O–H groups in total. The van der Waals surface area contributed by atoms with Crippen molar-refractivity contribution in [1.29, 1.82) is 0 Å². The SMILES string of the molecule is O=C(c1cccnc1)N1CCC(Cc2cccc3ncccc23)CC1. The Morgan fingerprint density at radius 3 is 2.68 bits per heavy atom. The van der Waals surface area contributed by atoms with E-state index in [9.17, 15) is 4.79 Å². The predicted octanol–water partition coefficient (Wildman–Crippen LogP) is 3.72. The van der Waals surface area contributed by atoms with E-state index in [4.69, 9.17) is 0 Å². The minimum atomic E-state index is 0.0981. The summed E-state index contributed by atoms with van der Waals surface area (Å²) in [5, 5.41) is 1.25. The van der Waals surface area contributed by atoms with Gasteiger partial charge in [-0.05, 0) is 55.0 Å². The summed E-state index contributed by atoms with van der Waals surface area (Å²) in [7, 11) is 0. The van der Waals surface area contributed by atoms with Crippen LogP contribution < -0.4 is 0 Å². The van der Waals surface area contributed by atoms with Crippen LogP contribution in [0.4, 0.5) is 0 Å². The van der Waals surface area contributed by atoms with Crippen molar-refractivity contribution in [3.8, 4) is 0 Å². The van der Waals surface area contributed by atoms with E-state index >= 15 is 0 Å².